The molecule has 0 spiro atoms. The molecule has 1 N–H and O–H groups in total. The van der Waals surface area contributed by atoms with Crippen LogP contribution in [0.15, 0.2) is 33.2 Å². The molecule has 3 aromatic rings. The van der Waals surface area contributed by atoms with E-state index in [1.54, 1.807) is 19.1 Å². The molecule has 0 aliphatic rings. The Morgan fingerprint density at radius 1 is 1.32 bits per heavy atom. The molecule has 0 fully saturated rings. The average molecular weight is 303 g/mol. The fourth-order valence-electron chi connectivity index (χ4n) is 1.89. The summed E-state index contributed by atoms with van der Waals surface area (Å²) in [5, 5.41) is 14.6. The van der Waals surface area contributed by atoms with Crippen molar-refractivity contribution in [2.45, 2.75) is 26.4 Å². The highest BCUT2D eigenvalue weighted by Crippen LogP contribution is 2.19. The van der Waals surface area contributed by atoms with Gasteiger partial charge in [-0.2, -0.15) is 4.98 Å². The van der Waals surface area contributed by atoms with E-state index in [9.17, 15) is 4.39 Å². The van der Waals surface area contributed by atoms with Gasteiger partial charge in [-0.15, -0.1) is 10.2 Å². The lowest BCUT2D eigenvalue weighted by molar-refractivity contribution is 0.331. The smallest absolute Gasteiger partial charge is 0.243 e. The zero-order chi connectivity index (χ0) is 15.5. The molecule has 1 atom stereocenters. The molecule has 0 aliphatic carbocycles. The summed E-state index contributed by atoms with van der Waals surface area (Å²) in [4.78, 5) is 4.27. The molecule has 0 bridgehead atoms. The lowest BCUT2D eigenvalue weighted by atomic mass is 10.2. The number of benzene rings is 1. The Balaban J connectivity index is 1.67. The van der Waals surface area contributed by atoms with Crippen LogP contribution in [0.2, 0.25) is 0 Å². The molecular weight excluding hydrogens is 289 g/mol. The zero-order valence-electron chi connectivity index (χ0n) is 12.1. The molecule has 0 saturated heterocycles. The summed E-state index contributed by atoms with van der Waals surface area (Å²) < 4.78 is 23.7. The molecule has 7 nitrogen and oxygen atoms in total. The summed E-state index contributed by atoms with van der Waals surface area (Å²) in [6.07, 6.45) is 0. The molecule has 2 heterocycles. The molecule has 0 saturated carbocycles. The Morgan fingerprint density at radius 3 is 2.91 bits per heavy atom. The first-order valence-electron chi connectivity index (χ1n) is 6.74. The van der Waals surface area contributed by atoms with Crippen LogP contribution in [0.3, 0.4) is 0 Å². The summed E-state index contributed by atoms with van der Waals surface area (Å²) in [7, 11) is 0. The third-order valence-corrected chi connectivity index (χ3v) is 3.02. The number of hydrogen-bond acceptors (Lipinski definition) is 7. The first kappa shape index (κ1) is 14.3. The maximum atomic E-state index is 13.2. The Bertz CT molecular complexity index is 770. The van der Waals surface area contributed by atoms with Gasteiger partial charge in [-0.05, 0) is 19.1 Å². The van der Waals surface area contributed by atoms with Crippen molar-refractivity contribution < 1.29 is 13.3 Å². The Morgan fingerprint density at radius 2 is 2.18 bits per heavy atom. The first-order chi connectivity index (χ1) is 10.6. The van der Waals surface area contributed by atoms with E-state index in [-0.39, 0.29) is 11.9 Å². The predicted octanol–water partition coefficient (Wildman–Crippen LogP) is 2.42. The second-order valence-electron chi connectivity index (χ2n) is 4.78. The minimum absolute atomic E-state index is 0.206. The fourth-order valence-corrected chi connectivity index (χ4v) is 1.89. The summed E-state index contributed by atoms with van der Waals surface area (Å²) in [6, 6.07) is 5.83. The molecule has 1 unspecified atom stereocenters. The molecular formula is C14H14FN5O2. The summed E-state index contributed by atoms with van der Waals surface area (Å²) in [6.45, 7) is 3.98. The van der Waals surface area contributed by atoms with Gasteiger partial charge in [0.05, 0.1) is 12.6 Å². The summed E-state index contributed by atoms with van der Waals surface area (Å²) in [5.74, 6) is 1.39. The quantitative estimate of drug-likeness (QED) is 0.774. The van der Waals surface area contributed by atoms with E-state index in [0.717, 1.165) is 0 Å². The summed E-state index contributed by atoms with van der Waals surface area (Å²) in [5.41, 5.74) is 0.565. The molecule has 8 heteroatoms. The number of aromatic nitrogens is 4. The predicted molar refractivity (Wildman–Crippen MR) is 74.0 cm³/mol. The van der Waals surface area contributed by atoms with Crippen LogP contribution in [0.25, 0.3) is 11.4 Å². The molecule has 114 valence electrons. The minimum Gasteiger partial charge on any atom is -0.424 e. The van der Waals surface area contributed by atoms with Crippen LogP contribution in [-0.4, -0.2) is 20.3 Å². The van der Waals surface area contributed by atoms with Crippen molar-refractivity contribution in [3.8, 4) is 11.4 Å². The SMILES string of the molecule is Cc1nnc(CNC(C)c2nc(-c3cccc(F)c3)no2)o1. The summed E-state index contributed by atoms with van der Waals surface area (Å²) >= 11 is 0. The van der Waals surface area contributed by atoms with Gasteiger partial charge in [0.1, 0.15) is 5.82 Å². The number of hydrogen-bond donors (Lipinski definition) is 1. The van der Waals surface area contributed by atoms with Gasteiger partial charge < -0.3 is 8.94 Å². The van der Waals surface area contributed by atoms with Crippen molar-refractivity contribution in [2.24, 2.45) is 0 Å². The molecule has 3 rings (SSSR count). The molecule has 0 amide bonds. The van der Waals surface area contributed by atoms with Gasteiger partial charge in [-0.3, -0.25) is 5.32 Å². The standard InChI is InChI=1S/C14H14FN5O2/c1-8(16-7-12-19-18-9(2)21-12)14-17-13(20-22-14)10-4-3-5-11(15)6-10/h3-6,8,16H,7H2,1-2H3. The maximum absolute atomic E-state index is 13.2. The van der Waals surface area contributed by atoms with Crippen molar-refractivity contribution in [3.05, 3.63) is 47.8 Å². The topological polar surface area (TPSA) is 89.9 Å². The highest BCUT2D eigenvalue weighted by Gasteiger charge is 2.16. The molecule has 2 aromatic heterocycles. The van der Waals surface area contributed by atoms with Crippen LogP contribution in [0.1, 0.15) is 30.6 Å². The highest BCUT2D eigenvalue weighted by molar-refractivity contribution is 5.53. The van der Waals surface area contributed by atoms with Gasteiger partial charge in [0.15, 0.2) is 0 Å². The van der Waals surface area contributed by atoms with Crippen LogP contribution in [0.5, 0.6) is 0 Å². The van der Waals surface area contributed by atoms with E-state index in [1.165, 1.54) is 12.1 Å². The number of aryl methyl sites for hydroxylation is 1. The lowest BCUT2D eigenvalue weighted by Crippen LogP contribution is -2.18. The number of nitrogens with zero attached hydrogens (tertiary/aromatic N) is 4. The van der Waals surface area contributed by atoms with Gasteiger partial charge in [-0.25, -0.2) is 4.39 Å². The van der Waals surface area contributed by atoms with Gasteiger partial charge in [0.25, 0.3) is 0 Å². The van der Waals surface area contributed by atoms with Crippen molar-refractivity contribution in [2.75, 3.05) is 0 Å². The molecule has 22 heavy (non-hydrogen) atoms. The second-order valence-corrected chi connectivity index (χ2v) is 4.78. The third kappa shape index (κ3) is 3.17. The maximum Gasteiger partial charge on any atom is 0.243 e. The van der Waals surface area contributed by atoms with E-state index >= 15 is 0 Å². The fraction of sp³-hybridized carbons (Fsp3) is 0.286. The van der Waals surface area contributed by atoms with Gasteiger partial charge in [0, 0.05) is 12.5 Å². The van der Waals surface area contributed by atoms with Crippen LogP contribution >= 0.6 is 0 Å². The minimum atomic E-state index is -0.346. The van der Waals surface area contributed by atoms with Gasteiger partial charge >= 0.3 is 0 Å². The molecule has 0 radical (unpaired) electrons. The second kappa shape index (κ2) is 6.02. The molecule has 1 aromatic carbocycles. The number of nitrogens with one attached hydrogen (secondary N) is 1. The van der Waals surface area contributed by atoms with E-state index in [4.69, 9.17) is 8.94 Å². The van der Waals surface area contributed by atoms with Crippen molar-refractivity contribution >= 4 is 0 Å². The Kier molecular flexibility index (Phi) is 3.92. The number of halogens is 1. The van der Waals surface area contributed by atoms with Crippen LogP contribution < -0.4 is 5.32 Å². The number of rotatable bonds is 5. The van der Waals surface area contributed by atoms with E-state index in [0.29, 0.717) is 35.6 Å². The van der Waals surface area contributed by atoms with E-state index in [2.05, 4.69) is 25.7 Å². The third-order valence-electron chi connectivity index (χ3n) is 3.02. The van der Waals surface area contributed by atoms with Crippen LogP contribution in [-0.2, 0) is 6.54 Å². The highest BCUT2D eigenvalue weighted by atomic mass is 19.1. The van der Waals surface area contributed by atoms with E-state index < -0.39 is 0 Å². The lowest BCUT2D eigenvalue weighted by Gasteiger charge is -2.06. The largest absolute Gasteiger partial charge is 0.424 e. The van der Waals surface area contributed by atoms with Crippen molar-refractivity contribution in [1.29, 1.82) is 0 Å². The first-order valence-corrected chi connectivity index (χ1v) is 6.74. The van der Waals surface area contributed by atoms with Gasteiger partial charge in [-0.1, -0.05) is 17.3 Å². The molecule has 0 aliphatic heterocycles. The van der Waals surface area contributed by atoms with Crippen LogP contribution in [0.4, 0.5) is 4.39 Å². The normalized spacial score (nSPS) is 12.5. The van der Waals surface area contributed by atoms with Crippen molar-refractivity contribution in [1.82, 2.24) is 25.7 Å². The van der Waals surface area contributed by atoms with Gasteiger partial charge in [0.2, 0.25) is 23.5 Å². The van der Waals surface area contributed by atoms with Crippen molar-refractivity contribution in [3.63, 3.8) is 0 Å². The average Bonchev–Trinajstić information content (AvgIpc) is 3.14. The van der Waals surface area contributed by atoms with E-state index in [1.807, 2.05) is 6.92 Å². The Hall–Kier alpha value is -2.61. The Labute approximate surface area is 125 Å². The zero-order valence-corrected chi connectivity index (χ0v) is 12.1. The van der Waals surface area contributed by atoms with Crippen LogP contribution in [0, 0.1) is 12.7 Å². The monoisotopic (exact) mass is 303 g/mol.